The third kappa shape index (κ3) is 11.1. The molecule has 2 heterocycles. The third-order valence-corrected chi connectivity index (χ3v) is 7.06. The zero-order chi connectivity index (χ0) is 28.9. The van der Waals surface area contributed by atoms with Gasteiger partial charge in [-0.3, -0.25) is 4.90 Å². The number of hydrogen-bond acceptors (Lipinski definition) is 7. The van der Waals surface area contributed by atoms with Crippen LogP contribution in [0, 0.1) is 6.92 Å². The van der Waals surface area contributed by atoms with Crippen molar-refractivity contribution < 1.29 is 39.6 Å². The van der Waals surface area contributed by atoms with Crippen molar-refractivity contribution in [2.75, 3.05) is 33.2 Å². The molecule has 0 radical (unpaired) electrons. The van der Waals surface area contributed by atoms with Gasteiger partial charge in [0.15, 0.2) is 0 Å². The molecule has 1 unspecified atom stereocenters. The van der Waals surface area contributed by atoms with Gasteiger partial charge in [-0.2, -0.15) is 0 Å². The molecule has 39 heavy (non-hydrogen) atoms. The van der Waals surface area contributed by atoms with E-state index in [0.717, 1.165) is 6.42 Å². The summed E-state index contributed by atoms with van der Waals surface area (Å²) in [6, 6.07) is 16.4. The van der Waals surface area contributed by atoms with Gasteiger partial charge in [0.1, 0.15) is 0 Å². The van der Waals surface area contributed by atoms with Crippen molar-refractivity contribution in [1.82, 2.24) is 9.80 Å². The van der Waals surface area contributed by atoms with E-state index < -0.39 is 23.9 Å². The summed E-state index contributed by atoms with van der Waals surface area (Å²) in [5.41, 5.74) is 4.39. The summed E-state index contributed by atoms with van der Waals surface area (Å²) in [4.78, 5) is 46.2. The summed E-state index contributed by atoms with van der Waals surface area (Å²) in [6.45, 7) is 6.89. The van der Waals surface area contributed by atoms with Crippen LogP contribution in [0.2, 0.25) is 0 Å². The van der Waals surface area contributed by atoms with E-state index in [9.17, 15) is 19.2 Å². The van der Waals surface area contributed by atoms with E-state index >= 15 is 0 Å². The highest BCUT2D eigenvalue weighted by atomic mass is 32.2. The molecule has 2 aromatic carbocycles. The lowest BCUT2D eigenvalue weighted by Crippen LogP contribution is -2.46. The first-order chi connectivity index (χ1) is 18.5. The number of rotatable bonds is 5. The topological polar surface area (TPSA) is 156 Å². The van der Waals surface area contributed by atoms with Gasteiger partial charge in [-0.05, 0) is 43.7 Å². The summed E-state index contributed by atoms with van der Waals surface area (Å²) >= 11 is 1.94. The molecule has 1 saturated heterocycles. The first-order valence-electron chi connectivity index (χ1n) is 12.0. The minimum absolute atomic E-state index is 0.509. The number of hydrogen-bond donors (Lipinski definition) is 4. The van der Waals surface area contributed by atoms with Crippen molar-refractivity contribution in [3.63, 3.8) is 0 Å². The molecule has 0 bridgehead atoms. The Hall–Kier alpha value is -3.93. The van der Waals surface area contributed by atoms with E-state index in [1.165, 1.54) is 52.7 Å². The lowest BCUT2D eigenvalue weighted by atomic mass is 9.95. The average molecular weight is 557 g/mol. The van der Waals surface area contributed by atoms with E-state index in [2.05, 4.69) is 66.2 Å². The largest absolute Gasteiger partial charge is 0.478 e. The minimum Gasteiger partial charge on any atom is -0.478 e. The van der Waals surface area contributed by atoms with Crippen LogP contribution in [0.15, 0.2) is 76.6 Å². The molecule has 208 valence electrons. The molecule has 2 aliphatic rings. The van der Waals surface area contributed by atoms with Crippen molar-refractivity contribution >= 4 is 35.6 Å². The standard InChI is InChI=1S/C20H24N2S.2C4H4O4/c1-15-7-8-20-17(13-15)18(22-11-9-21(2)10-12-22)14-16-5-3-4-6-19(16)23-20;2*5-3(6)1-2-4(7)8/h3-8,13,18H,9-12,14H2,1-2H3;2*1-2H,(H,5,6)(H,7,8)/b;2*2-1+. The molecule has 0 saturated carbocycles. The fourth-order valence-corrected chi connectivity index (χ4v) is 5.09. The second-order valence-electron chi connectivity index (χ2n) is 8.83. The zero-order valence-corrected chi connectivity index (χ0v) is 22.5. The van der Waals surface area contributed by atoms with Crippen molar-refractivity contribution in [1.29, 1.82) is 0 Å². The fraction of sp³-hybridized carbons (Fsp3) is 0.286. The highest BCUT2D eigenvalue weighted by molar-refractivity contribution is 7.99. The lowest BCUT2D eigenvalue weighted by Gasteiger charge is -2.38. The first kappa shape index (κ1) is 31.3. The van der Waals surface area contributed by atoms with Gasteiger partial charge >= 0.3 is 23.9 Å². The molecule has 0 amide bonds. The van der Waals surface area contributed by atoms with Gasteiger partial charge in [-0.25, -0.2) is 19.2 Å². The molecule has 0 spiro atoms. The minimum atomic E-state index is -1.26. The van der Waals surface area contributed by atoms with Crippen molar-refractivity contribution in [2.24, 2.45) is 0 Å². The van der Waals surface area contributed by atoms with Crippen LogP contribution < -0.4 is 0 Å². The maximum atomic E-state index is 9.55. The van der Waals surface area contributed by atoms with Crippen LogP contribution in [0.25, 0.3) is 0 Å². The molecular weight excluding hydrogens is 524 g/mol. The Labute approximate surface area is 230 Å². The molecule has 4 N–H and O–H groups in total. The lowest BCUT2D eigenvalue weighted by molar-refractivity contribution is -0.134. The Kier molecular flexibility index (Phi) is 12.4. The molecule has 2 aromatic rings. The molecule has 2 aliphatic heterocycles. The molecule has 10 nitrogen and oxygen atoms in total. The van der Waals surface area contributed by atoms with Crippen molar-refractivity contribution in [3.8, 4) is 0 Å². The third-order valence-electron chi connectivity index (χ3n) is 5.85. The molecule has 0 aromatic heterocycles. The Bertz CT molecular complexity index is 1170. The number of nitrogens with zero attached hydrogens (tertiary/aromatic N) is 2. The number of benzene rings is 2. The summed E-state index contributed by atoms with van der Waals surface area (Å²) in [5, 5.41) is 31.2. The highest BCUT2D eigenvalue weighted by Crippen LogP contribution is 2.43. The average Bonchev–Trinajstić information content (AvgIpc) is 3.04. The number of aliphatic carboxylic acids is 4. The monoisotopic (exact) mass is 556 g/mol. The summed E-state index contributed by atoms with van der Waals surface area (Å²) in [6.07, 6.45) is 3.36. The van der Waals surface area contributed by atoms with E-state index in [0.29, 0.717) is 30.3 Å². The number of carbonyl (C=O) groups is 4. The van der Waals surface area contributed by atoms with Crippen molar-refractivity contribution in [2.45, 2.75) is 29.2 Å². The van der Waals surface area contributed by atoms with E-state index in [1.54, 1.807) is 0 Å². The van der Waals surface area contributed by atoms with Crippen LogP contribution in [0.1, 0.15) is 22.7 Å². The SMILES string of the molecule is Cc1ccc2c(c1)C(N1CCN(C)CC1)Cc1ccccc1S2.O=C(O)/C=C/C(=O)O.O=C(O)/C=C/C(=O)O. The molecule has 1 fully saturated rings. The zero-order valence-electron chi connectivity index (χ0n) is 21.7. The number of aryl methyl sites for hydroxylation is 1. The van der Waals surface area contributed by atoms with Gasteiger partial charge in [0.25, 0.3) is 0 Å². The number of carboxylic acid groups (broad SMARTS) is 4. The highest BCUT2D eigenvalue weighted by Gasteiger charge is 2.29. The molecule has 1 atom stereocenters. The van der Waals surface area contributed by atoms with Gasteiger partial charge in [0, 0.05) is 66.3 Å². The molecule has 4 rings (SSSR count). The van der Waals surface area contributed by atoms with E-state index in [4.69, 9.17) is 20.4 Å². The van der Waals surface area contributed by atoms with Crippen molar-refractivity contribution in [3.05, 3.63) is 83.5 Å². The summed E-state index contributed by atoms with van der Waals surface area (Å²) in [7, 11) is 2.23. The number of likely N-dealkylation sites (N-methyl/N-ethyl adjacent to an activating group) is 1. The normalized spacial score (nSPS) is 17.0. The Balaban J connectivity index is 0.000000277. The van der Waals surface area contributed by atoms with Gasteiger partial charge in [0.2, 0.25) is 0 Å². The van der Waals surface area contributed by atoms with Crippen LogP contribution in [0.3, 0.4) is 0 Å². The molecule has 0 aliphatic carbocycles. The fourth-order valence-electron chi connectivity index (χ4n) is 3.97. The van der Waals surface area contributed by atoms with Crippen LogP contribution in [0.5, 0.6) is 0 Å². The summed E-state index contributed by atoms with van der Waals surface area (Å²) in [5.74, 6) is -5.03. The van der Waals surface area contributed by atoms with E-state index in [-0.39, 0.29) is 0 Å². The van der Waals surface area contributed by atoms with Crippen LogP contribution in [-0.2, 0) is 25.6 Å². The predicted octanol–water partition coefficient (Wildman–Crippen LogP) is 3.41. The number of carboxylic acids is 4. The van der Waals surface area contributed by atoms with Crippen LogP contribution in [-0.4, -0.2) is 87.3 Å². The van der Waals surface area contributed by atoms with Gasteiger partial charge in [0.05, 0.1) is 0 Å². The smallest absolute Gasteiger partial charge is 0.328 e. The second-order valence-corrected chi connectivity index (χ2v) is 9.91. The second kappa shape index (κ2) is 15.5. The van der Waals surface area contributed by atoms with Crippen LogP contribution >= 0.6 is 11.8 Å². The Morgan fingerprint density at radius 3 is 1.79 bits per heavy atom. The number of piperazine rings is 1. The quantitative estimate of drug-likeness (QED) is 0.400. The predicted molar refractivity (Wildman–Crippen MR) is 146 cm³/mol. The maximum absolute atomic E-state index is 9.55. The molecular formula is C28H32N2O8S. The Morgan fingerprint density at radius 2 is 1.28 bits per heavy atom. The van der Waals surface area contributed by atoms with Crippen LogP contribution in [0.4, 0.5) is 0 Å². The number of fused-ring (bicyclic) bond motifs is 2. The molecule has 11 heteroatoms. The van der Waals surface area contributed by atoms with Gasteiger partial charge in [-0.1, -0.05) is 47.7 Å². The maximum Gasteiger partial charge on any atom is 0.328 e. The van der Waals surface area contributed by atoms with Gasteiger partial charge < -0.3 is 25.3 Å². The summed E-state index contributed by atoms with van der Waals surface area (Å²) < 4.78 is 0. The van der Waals surface area contributed by atoms with Gasteiger partial charge in [-0.15, -0.1) is 0 Å². The van der Waals surface area contributed by atoms with E-state index in [1.807, 2.05) is 11.8 Å². The Morgan fingerprint density at radius 1 is 0.769 bits per heavy atom. The first-order valence-corrected chi connectivity index (χ1v) is 12.8.